The number of anilines is 1. The Balaban J connectivity index is 2.79. The van der Waals surface area contributed by atoms with Crippen molar-refractivity contribution in [1.82, 2.24) is 10.6 Å². The number of hydrogen-bond acceptors (Lipinski definition) is 3. The number of nitrogen functional groups attached to an aromatic ring is 1. The van der Waals surface area contributed by atoms with E-state index in [0.29, 0.717) is 11.3 Å². The molecule has 0 aliphatic heterocycles. The second kappa shape index (κ2) is 5.67. The fourth-order valence-corrected chi connectivity index (χ4v) is 1.82. The molecule has 92 valence electrons. The first-order chi connectivity index (χ1) is 7.93. The third-order valence-corrected chi connectivity index (χ3v) is 2.63. The summed E-state index contributed by atoms with van der Waals surface area (Å²) in [5, 5.41) is 5.03. The van der Waals surface area contributed by atoms with Crippen LogP contribution in [0.5, 0.6) is 0 Å². The average Bonchev–Trinajstić information content (AvgIpc) is 2.26. The van der Waals surface area contributed by atoms with Gasteiger partial charge in [0.25, 0.3) is 5.91 Å². The molecule has 0 saturated heterocycles. The van der Waals surface area contributed by atoms with Crippen LogP contribution in [0.1, 0.15) is 17.3 Å². The normalized spacial score (nSPS) is 11.7. The van der Waals surface area contributed by atoms with Crippen molar-refractivity contribution in [3.05, 3.63) is 28.2 Å². The molecule has 4 N–H and O–H groups in total. The van der Waals surface area contributed by atoms with Crippen LogP contribution in [0.3, 0.4) is 0 Å². The van der Waals surface area contributed by atoms with E-state index in [4.69, 9.17) is 5.73 Å². The summed E-state index contributed by atoms with van der Waals surface area (Å²) in [4.78, 5) is 23.1. The third kappa shape index (κ3) is 3.74. The van der Waals surface area contributed by atoms with Crippen LogP contribution in [-0.2, 0) is 4.79 Å². The molecule has 0 radical (unpaired) electrons. The Hall–Kier alpha value is -1.56. The van der Waals surface area contributed by atoms with Crippen LogP contribution in [0.2, 0.25) is 0 Å². The summed E-state index contributed by atoms with van der Waals surface area (Å²) in [5.41, 5.74) is 6.52. The van der Waals surface area contributed by atoms with E-state index in [1.165, 1.54) is 7.05 Å². The van der Waals surface area contributed by atoms with Crippen molar-refractivity contribution in [3.63, 3.8) is 0 Å². The van der Waals surface area contributed by atoms with Gasteiger partial charge in [0.2, 0.25) is 5.91 Å². The van der Waals surface area contributed by atoms with Gasteiger partial charge in [-0.1, -0.05) is 15.9 Å². The molecular formula is C11H14BrN3O2. The molecule has 0 aromatic heterocycles. The van der Waals surface area contributed by atoms with Gasteiger partial charge in [-0.3, -0.25) is 9.59 Å². The second-order valence-corrected chi connectivity index (χ2v) is 4.50. The lowest BCUT2D eigenvalue weighted by atomic mass is 10.2. The van der Waals surface area contributed by atoms with Crippen LogP contribution < -0.4 is 16.4 Å². The summed E-state index contributed by atoms with van der Waals surface area (Å²) < 4.78 is 0.718. The molecular weight excluding hydrogens is 286 g/mol. The second-order valence-electron chi connectivity index (χ2n) is 3.58. The smallest absolute Gasteiger partial charge is 0.252 e. The number of nitrogens with one attached hydrogen (secondary N) is 2. The average molecular weight is 300 g/mol. The molecule has 1 unspecified atom stereocenters. The standard InChI is InChI=1S/C11H14BrN3O2/c1-6(10(16)14-2)15-11(17)7-3-8(12)5-9(13)4-7/h3-6H,13H2,1-2H3,(H,14,16)(H,15,17). The number of halogens is 1. The maximum atomic E-state index is 11.8. The fraction of sp³-hybridized carbons (Fsp3) is 0.273. The predicted molar refractivity (Wildman–Crippen MR) is 69.5 cm³/mol. The highest BCUT2D eigenvalue weighted by Crippen LogP contribution is 2.17. The van der Waals surface area contributed by atoms with Gasteiger partial charge < -0.3 is 16.4 Å². The number of rotatable bonds is 3. The van der Waals surface area contributed by atoms with Crippen LogP contribution >= 0.6 is 15.9 Å². The van der Waals surface area contributed by atoms with Gasteiger partial charge in [0, 0.05) is 22.8 Å². The first kappa shape index (κ1) is 13.5. The summed E-state index contributed by atoms with van der Waals surface area (Å²) in [6.45, 7) is 1.61. The lowest BCUT2D eigenvalue weighted by Crippen LogP contribution is -2.43. The molecule has 0 saturated carbocycles. The maximum absolute atomic E-state index is 11.8. The zero-order valence-electron chi connectivity index (χ0n) is 9.58. The Labute approximate surface area is 108 Å². The van der Waals surface area contributed by atoms with E-state index in [1.807, 2.05) is 0 Å². The van der Waals surface area contributed by atoms with Crippen LogP contribution in [0.15, 0.2) is 22.7 Å². The predicted octanol–water partition coefficient (Wildman–Crippen LogP) is 0.896. The first-order valence-electron chi connectivity index (χ1n) is 5.02. The minimum Gasteiger partial charge on any atom is -0.399 e. The van der Waals surface area contributed by atoms with E-state index in [9.17, 15) is 9.59 Å². The van der Waals surface area contributed by atoms with Gasteiger partial charge in [-0.15, -0.1) is 0 Å². The largest absolute Gasteiger partial charge is 0.399 e. The molecule has 1 rings (SSSR count). The summed E-state index contributed by atoms with van der Waals surface area (Å²) >= 11 is 3.25. The highest BCUT2D eigenvalue weighted by molar-refractivity contribution is 9.10. The molecule has 0 fully saturated rings. The van der Waals surface area contributed by atoms with Gasteiger partial charge in [-0.2, -0.15) is 0 Å². The summed E-state index contributed by atoms with van der Waals surface area (Å²) in [6.07, 6.45) is 0. The van der Waals surface area contributed by atoms with E-state index in [-0.39, 0.29) is 11.8 Å². The fourth-order valence-electron chi connectivity index (χ4n) is 1.31. The third-order valence-electron chi connectivity index (χ3n) is 2.17. The van der Waals surface area contributed by atoms with Gasteiger partial charge in [-0.05, 0) is 25.1 Å². The van der Waals surface area contributed by atoms with Crippen LogP contribution in [0, 0.1) is 0 Å². The molecule has 6 heteroatoms. The Bertz CT molecular complexity index is 428. The van der Waals surface area contributed by atoms with Gasteiger partial charge >= 0.3 is 0 Å². The molecule has 5 nitrogen and oxygen atoms in total. The molecule has 17 heavy (non-hydrogen) atoms. The number of benzene rings is 1. The highest BCUT2D eigenvalue weighted by Gasteiger charge is 2.15. The van der Waals surface area contributed by atoms with Crippen molar-refractivity contribution in [1.29, 1.82) is 0 Å². The quantitative estimate of drug-likeness (QED) is 0.725. The van der Waals surface area contributed by atoms with Crippen molar-refractivity contribution < 1.29 is 9.59 Å². The number of hydrogen-bond donors (Lipinski definition) is 3. The molecule has 0 aliphatic rings. The Morgan fingerprint density at radius 1 is 1.35 bits per heavy atom. The van der Waals surface area contributed by atoms with Crippen molar-refractivity contribution in [2.75, 3.05) is 12.8 Å². The lowest BCUT2D eigenvalue weighted by Gasteiger charge is -2.12. The molecule has 1 aromatic rings. The van der Waals surface area contributed by atoms with E-state index in [2.05, 4.69) is 26.6 Å². The Morgan fingerprint density at radius 2 is 2.00 bits per heavy atom. The van der Waals surface area contributed by atoms with Gasteiger partial charge in [0.1, 0.15) is 6.04 Å². The molecule has 1 aromatic carbocycles. The van der Waals surface area contributed by atoms with Gasteiger partial charge in [-0.25, -0.2) is 0 Å². The van der Waals surface area contributed by atoms with E-state index < -0.39 is 6.04 Å². The number of amides is 2. The van der Waals surface area contributed by atoms with Crippen molar-refractivity contribution >= 4 is 33.4 Å². The Kier molecular flexibility index (Phi) is 4.51. The zero-order chi connectivity index (χ0) is 13.0. The SMILES string of the molecule is CNC(=O)C(C)NC(=O)c1cc(N)cc(Br)c1. The molecule has 0 heterocycles. The minimum atomic E-state index is -0.590. The zero-order valence-corrected chi connectivity index (χ0v) is 11.2. The summed E-state index contributed by atoms with van der Waals surface area (Å²) in [5.74, 6) is -0.588. The number of carbonyl (C=O) groups excluding carboxylic acids is 2. The van der Waals surface area contributed by atoms with Crippen LogP contribution in [-0.4, -0.2) is 24.9 Å². The minimum absolute atomic E-state index is 0.249. The molecule has 0 aliphatic carbocycles. The number of likely N-dealkylation sites (N-methyl/N-ethyl adjacent to an activating group) is 1. The van der Waals surface area contributed by atoms with Gasteiger partial charge in [0.05, 0.1) is 0 Å². The van der Waals surface area contributed by atoms with Crippen LogP contribution in [0.4, 0.5) is 5.69 Å². The lowest BCUT2D eigenvalue weighted by molar-refractivity contribution is -0.122. The topological polar surface area (TPSA) is 84.2 Å². The van der Waals surface area contributed by atoms with E-state index >= 15 is 0 Å². The van der Waals surface area contributed by atoms with Gasteiger partial charge in [0.15, 0.2) is 0 Å². The van der Waals surface area contributed by atoms with Crippen molar-refractivity contribution in [2.24, 2.45) is 0 Å². The first-order valence-corrected chi connectivity index (χ1v) is 5.82. The number of carbonyl (C=O) groups is 2. The summed E-state index contributed by atoms with van der Waals surface area (Å²) in [6, 6.07) is 4.30. The highest BCUT2D eigenvalue weighted by atomic mass is 79.9. The maximum Gasteiger partial charge on any atom is 0.252 e. The van der Waals surface area contributed by atoms with E-state index in [0.717, 1.165) is 4.47 Å². The van der Waals surface area contributed by atoms with E-state index in [1.54, 1.807) is 25.1 Å². The monoisotopic (exact) mass is 299 g/mol. The van der Waals surface area contributed by atoms with Crippen molar-refractivity contribution in [2.45, 2.75) is 13.0 Å². The summed E-state index contributed by atoms with van der Waals surface area (Å²) in [7, 11) is 1.52. The van der Waals surface area contributed by atoms with Crippen LogP contribution in [0.25, 0.3) is 0 Å². The molecule has 0 spiro atoms. The molecule has 1 atom stereocenters. The number of nitrogens with two attached hydrogens (primary N) is 1. The molecule has 0 bridgehead atoms. The van der Waals surface area contributed by atoms with Crippen molar-refractivity contribution in [3.8, 4) is 0 Å². The Morgan fingerprint density at radius 3 is 2.53 bits per heavy atom. The molecule has 2 amide bonds.